The van der Waals surface area contributed by atoms with Crippen LogP contribution in [0, 0.1) is 0 Å². The van der Waals surface area contributed by atoms with Crippen molar-refractivity contribution in [1.29, 1.82) is 0 Å². The van der Waals surface area contributed by atoms with Gasteiger partial charge in [-0.05, 0) is 29.8 Å². The number of hydrogen-bond acceptors (Lipinski definition) is 9. The van der Waals surface area contributed by atoms with E-state index < -0.39 is 42.6 Å². The molecule has 2 heterocycles. The molecule has 30 heavy (non-hydrogen) atoms. The van der Waals surface area contributed by atoms with Gasteiger partial charge in [0.25, 0.3) is 0 Å². The Hall–Kier alpha value is -2.95. The molecule has 0 radical (unpaired) electrons. The number of benzene rings is 2. The van der Waals surface area contributed by atoms with Gasteiger partial charge in [-0.1, -0.05) is 12.1 Å². The normalized spacial score (nSPS) is 26.7. The highest BCUT2D eigenvalue weighted by Crippen LogP contribution is 2.40. The lowest BCUT2D eigenvalue weighted by molar-refractivity contribution is -0.231. The zero-order chi connectivity index (χ0) is 21.6. The lowest BCUT2D eigenvalue weighted by Gasteiger charge is -2.40. The Morgan fingerprint density at radius 2 is 1.60 bits per heavy atom. The summed E-state index contributed by atoms with van der Waals surface area (Å²) in [6.07, 6.45) is -6.24. The number of aromatic hydroxyl groups is 2. The van der Waals surface area contributed by atoms with Gasteiger partial charge in [0.15, 0.2) is 0 Å². The molecule has 158 valence electrons. The first-order valence-corrected chi connectivity index (χ1v) is 9.20. The summed E-state index contributed by atoms with van der Waals surface area (Å²) in [5, 5.41) is 59.8. The highest BCUT2D eigenvalue weighted by Gasteiger charge is 2.45. The fourth-order valence-electron chi connectivity index (χ4n) is 3.67. The molecule has 4 rings (SSSR count). The van der Waals surface area contributed by atoms with E-state index in [9.17, 15) is 35.4 Å². The molecular formula is C21H20O9. The van der Waals surface area contributed by atoms with Crippen LogP contribution in [0.5, 0.6) is 11.5 Å². The second kappa shape index (κ2) is 7.71. The summed E-state index contributed by atoms with van der Waals surface area (Å²) < 4.78 is 11.1. The average molecular weight is 416 g/mol. The second-order valence-electron chi connectivity index (χ2n) is 7.15. The van der Waals surface area contributed by atoms with Crippen LogP contribution in [0.4, 0.5) is 0 Å². The Bertz CT molecular complexity index is 1120. The van der Waals surface area contributed by atoms with Crippen LogP contribution in [0.2, 0.25) is 0 Å². The lowest BCUT2D eigenvalue weighted by atomic mass is 9.89. The Kier molecular flexibility index (Phi) is 5.22. The van der Waals surface area contributed by atoms with Gasteiger partial charge in [0.2, 0.25) is 5.43 Å². The van der Waals surface area contributed by atoms with Crippen LogP contribution in [0.1, 0.15) is 11.7 Å². The van der Waals surface area contributed by atoms with Crippen LogP contribution < -0.4 is 5.43 Å². The number of fused-ring (bicyclic) bond motifs is 1. The molecule has 1 saturated heterocycles. The minimum absolute atomic E-state index is 0.0405. The van der Waals surface area contributed by atoms with Crippen LogP contribution >= 0.6 is 0 Å². The SMILES string of the molecule is O=c1c(-c2ccc(O)cc2)coc2c([C@@H]3O[C@@H](CO)[C@H](O)[C@@H](O)[C@@H]3O)c(O)ccc12. The van der Waals surface area contributed by atoms with E-state index in [4.69, 9.17) is 9.15 Å². The highest BCUT2D eigenvalue weighted by molar-refractivity contribution is 5.86. The van der Waals surface area contributed by atoms with Gasteiger partial charge in [0, 0.05) is 0 Å². The molecule has 3 aromatic rings. The molecule has 0 spiro atoms. The van der Waals surface area contributed by atoms with E-state index in [1.165, 1.54) is 30.5 Å². The smallest absolute Gasteiger partial charge is 0.200 e. The molecule has 5 atom stereocenters. The van der Waals surface area contributed by atoms with Gasteiger partial charge in [-0.15, -0.1) is 0 Å². The van der Waals surface area contributed by atoms with Crippen LogP contribution in [-0.2, 0) is 4.74 Å². The Morgan fingerprint density at radius 1 is 0.900 bits per heavy atom. The van der Waals surface area contributed by atoms with Crippen molar-refractivity contribution >= 4 is 11.0 Å². The van der Waals surface area contributed by atoms with Crippen LogP contribution in [-0.4, -0.2) is 61.7 Å². The van der Waals surface area contributed by atoms with Gasteiger partial charge in [0.05, 0.1) is 23.1 Å². The van der Waals surface area contributed by atoms with Crippen LogP contribution in [0.3, 0.4) is 0 Å². The molecule has 0 saturated carbocycles. The molecule has 0 unspecified atom stereocenters. The number of phenolic OH excluding ortho intramolecular Hbond substituents is 2. The summed E-state index contributed by atoms with van der Waals surface area (Å²) in [7, 11) is 0. The van der Waals surface area contributed by atoms with E-state index in [2.05, 4.69) is 0 Å². The Morgan fingerprint density at radius 3 is 2.27 bits per heavy atom. The third-order valence-electron chi connectivity index (χ3n) is 5.31. The van der Waals surface area contributed by atoms with E-state index in [0.29, 0.717) is 5.56 Å². The van der Waals surface area contributed by atoms with Crippen molar-refractivity contribution in [3.8, 4) is 22.6 Å². The van der Waals surface area contributed by atoms with Crippen LogP contribution in [0.25, 0.3) is 22.1 Å². The van der Waals surface area contributed by atoms with E-state index >= 15 is 0 Å². The minimum Gasteiger partial charge on any atom is -0.508 e. The van der Waals surface area contributed by atoms with Gasteiger partial charge in [-0.25, -0.2) is 0 Å². The molecule has 1 aliphatic heterocycles. The highest BCUT2D eigenvalue weighted by atomic mass is 16.5. The minimum atomic E-state index is -1.65. The summed E-state index contributed by atoms with van der Waals surface area (Å²) in [6, 6.07) is 8.54. The molecule has 0 amide bonds. The third-order valence-corrected chi connectivity index (χ3v) is 5.31. The van der Waals surface area contributed by atoms with E-state index in [1.54, 1.807) is 12.1 Å². The zero-order valence-corrected chi connectivity index (χ0v) is 15.5. The van der Waals surface area contributed by atoms with E-state index in [1.807, 2.05) is 0 Å². The predicted molar refractivity (Wildman–Crippen MR) is 104 cm³/mol. The zero-order valence-electron chi connectivity index (χ0n) is 15.5. The van der Waals surface area contributed by atoms with Crippen molar-refractivity contribution < 1.29 is 39.8 Å². The largest absolute Gasteiger partial charge is 0.508 e. The van der Waals surface area contributed by atoms with Crippen molar-refractivity contribution in [2.75, 3.05) is 6.61 Å². The molecule has 1 aliphatic rings. The maximum absolute atomic E-state index is 13.0. The maximum atomic E-state index is 13.0. The monoisotopic (exact) mass is 416 g/mol. The second-order valence-corrected chi connectivity index (χ2v) is 7.15. The predicted octanol–water partition coefficient (Wildman–Crippen LogP) is 0.386. The van der Waals surface area contributed by atoms with Gasteiger partial charge in [0.1, 0.15) is 53.9 Å². The Labute approximate surface area is 169 Å². The summed E-state index contributed by atoms with van der Waals surface area (Å²) in [5.74, 6) is -0.314. The number of phenols is 2. The van der Waals surface area contributed by atoms with Gasteiger partial charge in [-0.2, -0.15) is 0 Å². The first-order valence-electron chi connectivity index (χ1n) is 9.20. The van der Waals surface area contributed by atoms with Gasteiger partial charge in [-0.3, -0.25) is 4.79 Å². The molecule has 0 aliphatic carbocycles. The summed E-state index contributed by atoms with van der Waals surface area (Å²) in [4.78, 5) is 13.0. The number of rotatable bonds is 3. The first kappa shape index (κ1) is 20.3. The van der Waals surface area contributed by atoms with E-state index in [0.717, 1.165) is 0 Å². The number of aliphatic hydroxyl groups excluding tert-OH is 4. The standard InChI is InChI=1S/C21H20O9/c22-7-14-17(26)18(27)19(28)21(30-14)15-13(24)6-5-11-16(25)12(8-29-20(11)15)9-1-3-10(23)4-2-9/h1-6,8,14,17-19,21-24,26-28H,7H2/t14-,17-,18+,19-,21-/m0/s1. The Balaban J connectivity index is 1.87. The van der Waals surface area contributed by atoms with Crippen LogP contribution in [0.15, 0.2) is 51.9 Å². The lowest BCUT2D eigenvalue weighted by Crippen LogP contribution is -2.55. The number of hydrogen-bond donors (Lipinski definition) is 6. The molecule has 6 N–H and O–H groups in total. The fraction of sp³-hybridized carbons (Fsp3) is 0.286. The average Bonchev–Trinajstić information content (AvgIpc) is 2.74. The molecule has 1 fully saturated rings. The molecule has 2 aromatic carbocycles. The maximum Gasteiger partial charge on any atom is 0.200 e. The summed E-state index contributed by atoms with van der Waals surface area (Å²) >= 11 is 0. The van der Waals surface area contributed by atoms with Crippen molar-refractivity contribution in [3.05, 3.63) is 58.4 Å². The van der Waals surface area contributed by atoms with Crippen molar-refractivity contribution in [3.63, 3.8) is 0 Å². The van der Waals surface area contributed by atoms with E-state index in [-0.39, 0.29) is 33.6 Å². The first-order chi connectivity index (χ1) is 14.3. The third kappa shape index (κ3) is 3.22. The topological polar surface area (TPSA) is 161 Å². The number of ether oxygens (including phenoxy) is 1. The van der Waals surface area contributed by atoms with Crippen molar-refractivity contribution in [2.24, 2.45) is 0 Å². The van der Waals surface area contributed by atoms with Crippen molar-refractivity contribution in [1.82, 2.24) is 0 Å². The summed E-state index contributed by atoms with van der Waals surface area (Å²) in [6.45, 7) is -0.637. The molecule has 0 bridgehead atoms. The molecule has 1 aromatic heterocycles. The molecule has 9 nitrogen and oxygen atoms in total. The summed E-state index contributed by atoms with van der Waals surface area (Å²) in [5.41, 5.74) is 0.150. The van der Waals surface area contributed by atoms with Gasteiger partial charge < -0.3 is 39.8 Å². The number of aliphatic hydroxyl groups is 4. The van der Waals surface area contributed by atoms with Crippen molar-refractivity contribution in [2.45, 2.75) is 30.5 Å². The quantitative estimate of drug-likeness (QED) is 0.355. The van der Waals surface area contributed by atoms with Gasteiger partial charge >= 0.3 is 0 Å². The molecule has 9 heteroatoms. The fourth-order valence-corrected chi connectivity index (χ4v) is 3.67. The molecular weight excluding hydrogens is 396 g/mol.